The van der Waals surface area contributed by atoms with E-state index < -0.39 is 0 Å². The lowest BCUT2D eigenvalue weighted by atomic mass is 10.0. The van der Waals surface area contributed by atoms with Crippen molar-refractivity contribution >= 4 is 0 Å². The molecule has 298 valence electrons. The number of hydrogen-bond donors (Lipinski definition) is 0. The van der Waals surface area contributed by atoms with E-state index in [0.717, 1.165) is 0 Å². The summed E-state index contributed by atoms with van der Waals surface area (Å²) in [6.45, 7) is 9.49. The van der Waals surface area contributed by atoms with Gasteiger partial charge in [0.15, 0.2) is 0 Å². The fourth-order valence-corrected chi connectivity index (χ4v) is 8.31. The normalized spacial score (nSPS) is 14.5. The molecule has 0 N–H and O–H groups in total. The third kappa shape index (κ3) is 30.9. The lowest BCUT2D eigenvalue weighted by Gasteiger charge is -2.33. The Balaban J connectivity index is 2.15. The van der Waals surface area contributed by atoms with Gasteiger partial charge in [-0.15, -0.1) is 0 Å². The summed E-state index contributed by atoms with van der Waals surface area (Å²) in [5.41, 5.74) is 0. The average Bonchev–Trinajstić information content (AvgIpc) is 3.51. The van der Waals surface area contributed by atoms with Crippen molar-refractivity contribution in [1.82, 2.24) is 9.80 Å². The molecule has 0 bridgehead atoms. The van der Waals surface area contributed by atoms with E-state index in [-0.39, 0.29) is 0 Å². The number of hydrogen-bond acceptors (Lipinski definition) is 2. The molecule has 1 rings (SSSR count). The summed E-state index contributed by atoms with van der Waals surface area (Å²) in [6, 6.07) is 0. The summed E-state index contributed by atoms with van der Waals surface area (Å²) in [6.07, 6.45) is 63.4. The first-order chi connectivity index (χ1) is 24.8. The van der Waals surface area contributed by atoms with Gasteiger partial charge in [0.2, 0.25) is 0 Å². The average molecular weight is 701 g/mol. The summed E-state index contributed by atoms with van der Waals surface area (Å²) in [5.74, 6) is 0. The van der Waals surface area contributed by atoms with Crippen LogP contribution >= 0.6 is 0 Å². The van der Waals surface area contributed by atoms with E-state index in [0.29, 0.717) is 6.17 Å². The van der Waals surface area contributed by atoms with Crippen molar-refractivity contribution < 1.29 is 0 Å². The van der Waals surface area contributed by atoms with Crippen LogP contribution in [0.4, 0.5) is 0 Å². The molecule has 0 saturated heterocycles. The third-order valence-electron chi connectivity index (χ3n) is 11.8. The molecular weight excluding hydrogens is 605 g/mol. The van der Waals surface area contributed by atoms with Gasteiger partial charge in [0.1, 0.15) is 6.17 Å². The standard InChI is InChI=1S/C48H96N2/c1-4-7-10-13-16-19-21-23-25-26-27-29-31-33-36-39-42-45-50-47-46-49(44-41-38-35-18-15-12-9-6-3)48(50)43-40-37-34-32-30-28-24-22-20-17-14-11-8-5-2/h46-48H,4-45H2,1-3H3. The highest BCUT2D eigenvalue weighted by Crippen LogP contribution is 2.24. The molecule has 0 aromatic heterocycles. The van der Waals surface area contributed by atoms with Crippen LogP contribution < -0.4 is 0 Å². The Morgan fingerprint density at radius 3 is 0.700 bits per heavy atom. The van der Waals surface area contributed by atoms with Crippen molar-refractivity contribution in [3.8, 4) is 0 Å². The van der Waals surface area contributed by atoms with Gasteiger partial charge in [0, 0.05) is 25.5 Å². The van der Waals surface area contributed by atoms with Gasteiger partial charge in [-0.2, -0.15) is 0 Å². The van der Waals surface area contributed by atoms with Gasteiger partial charge in [-0.05, 0) is 25.7 Å². The van der Waals surface area contributed by atoms with Gasteiger partial charge in [-0.3, -0.25) is 0 Å². The van der Waals surface area contributed by atoms with Crippen LogP contribution in [-0.2, 0) is 0 Å². The zero-order valence-electron chi connectivity index (χ0n) is 35.3. The van der Waals surface area contributed by atoms with E-state index >= 15 is 0 Å². The first-order valence-corrected chi connectivity index (χ1v) is 24.0. The Labute approximate surface area is 318 Å². The molecule has 2 nitrogen and oxygen atoms in total. The molecular formula is C48H96N2. The van der Waals surface area contributed by atoms with Crippen LogP contribution in [0, 0.1) is 0 Å². The molecule has 1 unspecified atom stereocenters. The van der Waals surface area contributed by atoms with Crippen molar-refractivity contribution in [1.29, 1.82) is 0 Å². The van der Waals surface area contributed by atoms with E-state index in [4.69, 9.17) is 0 Å². The molecule has 0 aromatic rings. The maximum Gasteiger partial charge on any atom is 0.101 e. The smallest absolute Gasteiger partial charge is 0.101 e. The molecule has 1 aliphatic rings. The molecule has 0 fully saturated rings. The SMILES string of the molecule is CCCCCCCCCCCCCCCCCCCN1C=CN(CCCCCCCCCC)C1CCCCCCCCCCCCCCCC. The molecule has 0 radical (unpaired) electrons. The molecule has 1 aliphatic heterocycles. The first kappa shape index (κ1) is 47.4. The van der Waals surface area contributed by atoms with Crippen LogP contribution in [0.15, 0.2) is 12.4 Å². The summed E-state index contributed by atoms with van der Waals surface area (Å²) in [7, 11) is 0. The maximum atomic E-state index is 2.73. The minimum Gasteiger partial charge on any atom is -0.356 e. The van der Waals surface area contributed by atoms with Crippen LogP contribution in [0.5, 0.6) is 0 Å². The minimum absolute atomic E-state index is 0.637. The summed E-state index contributed by atoms with van der Waals surface area (Å²) < 4.78 is 0. The second-order valence-electron chi connectivity index (χ2n) is 16.8. The second kappa shape index (κ2) is 39.5. The molecule has 50 heavy (non-hydrogen) atoms. The second-order valence-corrected chi connectivity index (χ2v) is 16.8. The quantitative estimate of drug-likeness (QED) is 0.0585. The monoisotopic (exact) mass is 701 g/mol. The van der Waals surface area contributed by atoms with Crippen LogP contribution in [0.25, 0.3) is 0 Å². The van der Waals surface area contributed by atoms with Gasteiger partial charge in [0.25, 0.3) is 0 Å². The van der Waals surface area contributed by atoms with Crippen molar-refractivity contribution in [2.24, 2.45) is 0 Å². The molecule has 0 amide bonds. The van der Waals surface area contributed by atoms with Crippen molar-refractivity contribution in [2.75, 3.05) is 13.1 Å². The van der Waals surface area contributed by atoms with Crippen molar-refractivity contribution in [3.05, 3.63) is 12.4 Å². The molecule has 0 aromatic carbocycles. The number of rotatable bonds is 42. The van der Waals surface area contributed by atoms with Crippen LogP contribution in [-0.4, -0.2) is 29.1 Å². The molecule has 1 heterocycles. The van der Waals surface area contributed by atoms with Gasteiger partial charge in [-0.25, -0.2) is 0 Å². The highest BCUT2D eigenvalue weighted by atomic mass is 15.4. The van der Waals surface area contributed by atoms with Crippen LogP contribution in [0.2, 0.25) is 0 Å². The lowest BCUT2D eigenvalue weighted by Crippen LogP contribution is -2.39. The predicted molar refractivity (Wildman–Crippen MR) is 228 cm³/mol. The maximum absolute atomic E-state index is 2.73. The van der Waals surface area contributed by atoms with Crippen molar-refractivity contribution in [2.45, 2.75) is 284 Å². The zero-order valence-corrected chi connectivity index (χ0v) is 35.3. The summed E-state index contributed by atoms with van der Waals surface area (Å²) in [4.78, 5) is 5.46. The van der Waals surface area contributed by atoms with Gasteiger partial charge in [-0.1, -0.05) is 252 Å². The third-order valence-corrected chi connectivity index (χ3v) is 11.8. The van der Waals surface area contributed by atoms with Crippen LogP contribution in [0.1, 0.15) is 278 Å². The van der Waals surface area contributed by atoms with Gasteiger partial charge >= 0.3 is 0 Å². The van der Waals surface area contributed by atoms with E-state index in [1.165, 1.54) is 270 Å². The van der Waals surface area contributed by atoms with Gasteiger partial charge in [0.05, 0.1) is 0 Å². The van der Waals surface area contributed by atoms with Crippen molar-refractivity contribution in [3.63, 3.8) is 0 Å². The molecule has 2 heteroatoms. The number of nitrogens with zero attached hydrogens (tertiary/aromatic N) is 2. The van der Waals surface area contributed by atoms with E-state index in [2.05, 4.69) is 43.0 Å². The minimum atomic E-state index is 0.637. The fourth-order valence-electron chi connectivity index (χ4n) is 8.31. The Morgan fingerprint density at radius 1 is 0.260 bits per heavy atom. The molecule has 0 aliphatic carbocycles. The highest BCUT2D eigenvalue weighted by Gasteiger charge is 2.24. The Kier molecular flexibility index (Phi) is 37.5. The molecule has 0 spiro atoms. The molecule has 0 saturated carbocycles. The molecule has 1 atom stereocenters. The highest BCUT2D eigenvalue weighted by molar-refractivity contribution is 4.97. The van der Waals surface area contributed by atoms with E-state index in [9.17, 15) is 0 Å². The summed E-state index contributed by atoms with van der Waals surface area (Å²) >= 11 is 0. The van der Waals surface area contributed by atoms with Gasteiger partial charge < -0.3 is 9.80 Å². The van der Waals surface area contributed by atoms with E-state index in [1.54, 1.807) is 0 Å². The van der Waals surface area contributed by atoms with E-state index in [1.807, 2.05) is 0 Å². The lowest BCUT2D eigenvalue weighted by molar-refractivity contribution is 0.135. The zero-order chi connectivity index (χ0) is 35.8. The largest absolute Gasteiger partial charge is 0.356 e. The Morgan fingerprint density at radius 2 is 0.460 bits per heavy atom. The number of unbranched alkanes of at least 4 members (excludes halogenated alkanes) is 36. The topological polar surface area (TPSA) is 6.48 Å². The Bertz CT molecular complexity index is 659. The first-order valence-electron chi connectivity index (χ1n) is 24.0. The fraction of sp³-hybridized carbons (Fsp3) is 0.958. The summed E-state index contributed by atoms with van der Waals surface area (Å²) in [5, 5.41) is 0. The van der Waals surface area contributed by atoms with Crippen LogP contribution in [0.3, 0.4) is 0 Å². The Hall–Kier alpha value is -0.660. The predicted octanol–water partition coefficient (Wildman–Crippen LogP) is 17.1.